The first-order chi connectivity index (χ1) is 8.70. The van der Waals surface area contributed by atoms with Crippen LogP contribution in [0.25, 0.3) is 11.0 Å². The second kappa shape index (κ2) is 5.91. The van der Waals surface area contributed by atoms with Crippen molar-refractivity contribution in [1.29, 1.82) is 0 Å². The second-order valence-corrected chi connectivity index (χ2v) is 4.95. The molecule has 0 spiro atoms. The van der Waals surface area contributed by atoms with E-state index in [1.54, 1.807) is 7.11 Å². The van der Waals surface area contributed by atoms with Gasteiger partial charge in [-0.15, -0.1) is 0 Å². The second-order valence-electron chi connectivity index (χ2n) is 4.95. The van der Waals surface area contributed by atoms with Gasteiger partial charge in [-0.25, -0.2) is 0 Å². The lowest BCUT2D eigenvalue weighted by Crippen LogP contribution is -2.15. The number of ether oxygens (including phenoxy) is 1. The zero-order valence-electron chi connectivity index (χ0n) is 11.3. The monoisotopic (exact) mass is 247 g/mol. The topological polar surface area (TPSA) is 34.4 Å². The van der Waals surface area contributed by atoms with Gasteiger partial charge in [0.2, 0.25) is 0 Å². The summed E-state index contributed by atoms with van der Waals surface area (Å²) in [7, 11) is 1.66. The normalized spacial score (nSPS) is 11.3. The molecule has 0 saturated heterocycles. The molecule has 1 aromatic heterocycles. The molecule has 98 valence electrons. The molecule has 0 bridgehead atoms. The molecule has 2 aromatic rings. The lowest BCUT2D eigenvalue weighted by Gasteiger charge is -2.04. The molecule has 1 heterocycles. The molecule has 0 radical (unpaired) electrons. The number of hydrogen-bond donors (Lipinski definition) is 1. The molecule has 3 nitrogen and oxygen atoms in total. The minimum Gasteiger partial charge on any atom is -0.493 e. The van der Waals surface area contributed by atoms with Gasteiger partial charge in [-0.1, -0.05) is 26.0 Å². The van der Waals surface area contributed by atoms with Crippen LogP contribution in [0.5, 0.6) is 5.75 Å². The van der Waals surface area contributed by atoms with E-state index in [1.807, 2.05) is 18.2 Å². The summed E-state index contributed by atoms with van der Waals surface area (Å²) in [5.41, 5.74) is 0.834. The van der Waals surface area contributed by atoms with E-state index in [0.717, 1.165) is 41.5 Å². The van der Waals surface area contributed by atoms with Crippen LogP contribution < -0.4 is 10.1 Å². The number of fused-ring (bicyclic) bond motifs is 1. The molecule has 1 N–H and O–H groups in total. The average molecular weight is 247 g/mol. The van der Waals surface area contributed by atoms with Gasteiger partial charge in [-0.3, -0.25) is 0 Å². The minimum absolute atomic E-state index is 0.730. The van der Waals surface area contributed by atoms with Crippen molar-refractivity contribution in [2.75, 3.05) is 13.7 Å². The summed E-state index contributed by atoms with van der Waals surface area (Å²) in [6.07, 6.45) is 1.18. The lowest BCUT2D eigenvalue weighted by molar-refractivity contribution is 0.405. The summed E-state index contributed by atoms with van der Waals surface area (Å²) < 4.78 is 11.1. The van der Waals surface area contributed by atoms with Gasteiger partial charge in [0.1, 0.15) is 5.76 Å². The van der Waals surface area contributed by atoms with Crippen LogP contribution in [0, 0.1) is 5.92 Å². The summed E-state index contributed by atoms with van der Waals surface area (Å²) in [6, 6.07) is 8.01. The Morgan fingerprint density at radius 3 is 2.89 bits per heavy atom. The van der Waals surface area contributed by atoms with E-state index in [4.69, 9.17) is 9.15 Å². The third kappa shape index (κ3) is 3.05. The molecular formula is C15H21NO2. The number of hydrogen-bond acceptors (Lipinski definition) is 3. The number of furan rings is 1. The van der Waals surface area contributed by atoms with E-state index < -0.39 is 0 Å². The number of rotatable bonds is 6. The van der Waals surface area contributed by atoms with Crippen molar-refractivity contribution in [2.24, 2.45) is 5.92 Å². The Bertz CT molecular complexity index is 502. The van der Waals surface area contributed by atoms with Crippen molar-refractivity contribution >= 4 is 11.0 Å². The van der Waals surface area contributed by atoms with Gasteiger partial charge < -0.3 is 14.5 Å². The van der Waals surface area contributed by atoms with Crippen LogP contribution in [0.4, 0.5) is 0 Å². The number of benzene rings is 1. The van der Waals surface area contributed by atoms with Crippen molar-refractivity contribution in [3.8, 4) is 5.75 Å². The molecule has 18 heavy (non-hydrogen) atoms. The first-order valence-corrected chi connectivity index (χ1v) is 6.47. The standard InChI is InChI=1S/C15H21NO2/c1-11(2)7-8-16-10-13-9-12-5-4-6-14(17-3)15(12)18-13/h4-6,9,11,16H,7-8,10H2,1-3H3. The van der Waals surface area contributed by atoms with Crippen LogP contribution in [0.3, 0.4) is 0 Å². The summed E-state index contributed by atoms with van der Waals surface area (Å²) in [5.74, 6) is 2.48. The molecule has 0 aliphatic carbocycles. The van der Waals surface area contributed by atoms with E-state index in [1.165, 1.54) is 6.42 Å². The smallest absolute Gasteiger partial charge is 0.176 e. The number of para-hydroxylation sites is 1. The molecule has 1 aromatic carbocycles. The summed E-state index contributed by atoms with van der Waals surface area (Å²) >= 11 is 0. The molecule has 0 atom stereocenters. The highest BCUT2D eigenvalue weighted by atomic mass is 16.5. The minimum atomic E-state index is 0.730. The van der Waals surface area contributed by atoms with Gasteiger partial charge in [0.25, 0.3) is 0 Å². The van der Waals surface area contributed by atoms with Crippen molar-refractivity contribution in [2.45, 2.75) is 26.8 Å². The molecular weight excluding hydrogens is 226 g/mol. The fourth-order valence-electron chi connectivity index (χ4n) is 1.94. The van der Waals surface area contributed by atoms with Gasteiger partial charge >= 0.3 is 0 Å². The number of nitrogens with one attached hydrogen (secondary N) is 1. The molecule has 0 unspecified atom stereocenters. The fourth-order valence-corrected chi connectivity index (χ4v) is 1.94. The molecule has 0 aliphatic heterocycles. The molecule has 3 heteroatoms. The Morgan fingerprint density at radius 2 is 2.17 bits per heavy atom. The molecule has 2 rings (SSSR count). The van der Waals surface area contributed by atoms with Gasteiger partial charge in [0.05, 0.1) is 13.7 Å². The number of methoxy groups -OCH3 is 1. The maximum absolute atomic E-state index is 5.81. The van der Waals surface area contributed by atoms with Crippen LogP contribution in [0.2, 0.25) is 0 Å². The Kier molecular flexibility index (Phi) is 4.26. The lowest BCUT2D eigenvalue weighted by atomic mass is 10.1. The van der Waals surface area contributed by atoms with Crippen molar-refractivity contribution in [3.05, 3.63) is 30.0 Å². The van der Waals surface area contributed by atoms with Gasteiger partial charge in [-0.05, 0) is 31.0 Å². The Hall–Kier alpha value is -1.48. The highest BCUT2D eigenvalue weighted by Crippen LogP contribution is 2.28. The van der Waals surface area contributed by atoms with Crippen LogP contribution in [-0.2, 0) is 6.54 Å². The third-order valence-electron chi connectivity index (χ3n) is 2.98. The zero-order valence-corrected chi connectivity index (χ0v) is 11.3. The predicted octanol–water partition coefficient (Wildman–Crippen LogP) is 3.58. The third-order valence-corrected chi connectivity index (χ3v) is 2.98. The SMILES string of the molecule is COc1cccc2cc(CNCCC(C)C)oc12. The van der Waals surface area contributed by atoms with Gasteiger partial charge in [0, 0.05) is 5.39 Å². The van der Waals surface area contributed by atoms with Gasteiger partial charge in [-0.2, -0.15) is 0 Å². The van der Waals surface area contributed by atoms with Crippen LogP contribution in [-0.4, -0.2) is 13.7 Å². The highest BCUT2D eigenvalue weighted by molar-refractivity contribution is 5.83. The molecule has 0 amide bonds. The van der Waals surface area contributed by atoms with Crippen molar-refractivity contribution < 1.29 is 9.15 Å². The molecule has 0 fully saturated rings. The fraction of sp³-hybridized carbons (Fsp3) is 0.467. The summed E-state index contributed by atoms with van der Waals surface area (Å²) in [4.78, 5) is 0. The summed E-state index contributed by atoms with van der Waals surface area (Å²) in [5, 5.41) is 4.49. The quantitative estimate of drug-likeness (QED) is 0.792. The molecule has 0 saturated carbocycles. The highest BCUT2D eigenvalue weighted by Gasteiger charge is 2.07. The van der Waals surface area contributed by atoms with Gasteiger partial charge in [0.15, 0.2) is 11.3 Å². The van der Waals surface area contributed by atoms with Crippen LogP contribution in [0.1, 0.15) is 26.0 Å². The van der Waals surface area contributed by atoms with Crippen molar-refractivity contribution in [3.63, 3.8) is 0 Å². The van der Waals surface area contributed by atoms with E-state index in [2.05, 4.69) is 25.2 Å². The Balaban J connectivity index is 2.02. The van der Waals surface area contributed by atoms with E-state index in [0.29, 0.717) is 0 Å². The molecule has 0 aliphatic rings. The Labute approximate surface area is 108 Å². The Morgan fingerprint density at radius 1 is 1.33 bits per heavy atom. The average Bonchev–Trinajstić information content (AvgIpc) is 2.76. The maximum Gasteiger partial charge on any atom is 0.176 e. The van der Waals surface area contributed by atoms with Crippen molar-refractivity contribution in [1.82, 2.24) is 5.32 Å². The van der Waals surface area contributed by atoms with E-state index >= 15 is 0 Å². The first kappa shape index (κ1) is 13.0. The van der Waals surface area contributed by atoms with Crippen LogP contribution >= 0.6 is 0 Å². The summed E-state index contributed by atoms with van der Waals surface area (Å²) in [6.45, 7) is 6.25. The van der Waals surface area contributed by atoms with E-state index in [-0.39, 0.29) is 0 Å². The predicted molar refractivity (Wildman–Crippen MR) is 73.9 cm³/mol. The van der Waals surface area contributed by atoms with E-state index in [9.17, 15) is 0 Å². The zero-order chi connectivity index (χ0) is 13.0. The maximum atomic E-state index is 5.81. The largest absolute Gasteiger partial charge is 0.493 e. The first-order valence-electron chi connectivity index (χ1n) is 6.47. The van der Waals surface area contributed by atoms with Crippen LogP contribution in [0.15, 0.2) is 28.7 Å².